The Balaban J connectivity index is 1.84. The monoisotopic (exact) mass is 383 g/mol. The fraction of sp³-hybridized carbons (Fsp3) is 0.435. The zero-order chi connectivity index (χ0) is 19.4. The fourth-order valence-corrected chi connectivity index (χ4v) is 6.21. The van der Waals surface area contributed by atoms with Crippen LogP contribution < -0.4 is 10.6 Å². The SMILES string of the molecule is C[C@@H]1C[C@H](CP(c2ccccc2)c2ccccc2)N(C(=O)OC(C)(C)C)C1. The van der Waals surface area contributed by atoms with Crippen LogP contribution >= 0.6 is 7.92 Å². The van der Waals surface area contributed by atoms with E-state index in [4.69, 9.17) is 4.74 Å². The van der Waals surface area contributed by atoms with Crippen LogP contribution in [0.15, 0.2) is 60.7 Å². The highest BCUT2D eigenvalue weighted by atomic mass is 31.1. The highest BCUT2D eigenvalue weighted by Gasteiger charge is 2.37. The molecule has 2 atom stereocenters. The number of hydrogen-bond donors (Lipinski definition) is 0. The molecule has 0 spiro atoms. The van der Waals surface area contributed by atoms with Gasteiger partial charge in [-0.3, -0.25) is 0 Å². The fourth-order valence-electron chi connectivity index (χ4n) is 3.65. The lowest BCUT2D eigenvalue weighted by molar-refractivity contribution is 0.0237. The third-order valence-corrected chi connectivity index (χ3v) is 7.41. The average Bonchev–Trinajstić information content (AvgIpc) is 3.00. The van der Waals surface area contributed by atoms with E-state index in [1.165, 1.54) is 10.6 Å². The molecular formula is C23H30NO2P. The largest absolute Gasteiger partial charge is 0.444 e. The molecule has 0 saturated carbocycles. The zero-order valence-electron chi connectivity index (χ0n) is 16.8. The minimum atomic E-state index is -0.515. The summed E-state index contributed by atoms with van der Waals surface area (Å²) in [6.07, 6.45) is 1.85. The molecule has 1 aliphatic heterocycles. The predicted octanol–water partition coefficient (Wildman–Crippen LogP) is 4.76. The number of amides is 1. The summed E-state index contributed by atoms with van der Waals surface area (Å²) in [5.41, 5.74) is -0.461. The first kappa shape index (κ1) is 19.9. The van der Waals surface area contributed by atoms with Crippen LogP contribution in [0.1, 0.15) is 34.1 Å². The van der Waals surface area contributed by atoms with Crippen LogP contribution in [0.3, 0.4) is 0 Å². The van der Waals surface area contributed by atoms with Gasteiger partial charge >= 0.3 is 6.09 Å². The minimum absolute atomic E-state index is 0.173. The predicted molar refractivity (Wildman–Crippen MR) is 114 cm³/mol. The van der Waals surface area contributed by atoms with Gasteiger partial charge in [0.05, 0.1) is 0 Å². The molecule has 0 radical (unpaired) electrons. The van der Waals surface area contributed by atoms with E-state index in [1.54, 1.807) is 0 Å². The zero-order valence-corrected chi connectivity index (χ0v) is 17.7. The van der Waals surface area contributed by atoms with Gasteiger partial charge in [-0.25, -0.2) is 4.79 Å². The molecule has 2 aromatic carbocycles. The number of carbonyl (C=O) groups is 1. The van der Waals surface area contributed by atoms with Gasteiger partial charge in [0.2, 0.25) is 0 Å². The van der Waals surface area contributed by atoms with Gasteiger partial charge in [0, 0.05) is 12.6 Å². The van der Waals surface area contributed by atoms with E-state index < -0.39 is 13.5 Å². The molecular weight excluding hydrogens is 353 g/mol. The summed E-state index contributed by atoms with van der Waals surface area (Å²) in [6, 6.07) is 21.6. The van der Waals surface area contributed by atoms with E-state index in [-0.39, 0.29) is 12.1 Å². The molecule has 1 heterocycles. The van der Waals surface area contributed by atoms with Crippen molar-refractivity contribution in [2.45, 2.75) is 45.8 Å². The van der Waals surface area contributed by atoms with Crippen molar-refractivity contribution in [2.24, 2.45) is 5.92 Å². The number of carbonyl (C=O) groups excluding carboxylic acids is 1. The van der Waals surface area contributed by atoms with Crippen molar-refractivity contribution < 1.29 is 9.53 Å². The van der Waals surface area contributed by atoms with Crippen molar-refractivity contribution >= 4 is 24.6 Å². The maximum Gasteiger partial charge on any atom is 0.410 e. The topological polar surface area (TPSA) is 29.5 Å². The Morgan fingerprint density at radius 3 is 2.04 bits per heavy atom. The van der Waals surface area contributed by atoms with Gasteiger partial charge in [-0.05, 0) is 57.8 Å². The molecule has 1 fully saturated rings. The van der Waals surface area contributed by atoms with Crippen LogP contribution in [0.25, 0.3) is 0 Å². The van der Waals surface area contributed by atoms with Gasteiger partial charge in [0.1, 0.15) is 5.60 Å². The molecule has 0 N–H and O–H groups in total. The van der Waals surface area contributed by atoms with Crippen LogP contribution in [0.5, 0.6) is 0 Å². The Morgan fingerprint density at radius 2 is 1.56 bits per heavy atom. The maximum atomic E-state index is 12.8. The summed E-state index contributed by atoms with van der Waals surface area (Å²) in [5.74, 6) is 0.505. The summed E-state index contributed by atoms with van der Waals surface area (Å²) in [6.45, 7) is 8.80. The normalized spacial score (nSPS) is 20.1. The van der Waals surface area contributed by atoms with Crippen molar-refractivity contribution in [3.05, 3.63) is 60.7 Å². The molecule has 1 aliphatic rings. The molecule has 0 bridgehead atoms. The van der Waals surface area contributed by atoms with E-state index in [0.717, 1.165) is 19.1 Å². The van der Waals surface area contributed by atoms with E-state index in [1.807, 2.05) is 25.7 Å². The second-order valence-corrected chi connectivity index (χ2v) is 10.7. The minimum Gasteiger partial charge on any atom is -0.444 e. The first-order valence-electron chi connectivity index (χ1n) is 9.71. The molecule has 1 amide bonds. The van der Waals surface area contributed by atoms with Gasteiger partial charge in [0.15, 0.2) is 0 Å². The second kappa shape index (κ2) is 8.44. The van der Waals surface area contributed by atoms with Crippen LogP contribution in [0.2, 0.25) is 0 Å². The quantitative estimate of drug-likeness (QED) is 0.712. The van der Waals surface area contributed by atoms with Crippen LogP contribution in [-0.4, -0.2) is 35.3 Å². The van der Waals surface area contributed by atoms with Crippen LogP contribution in [-0.2, 0) is 4.74 Å². The van der Waals surface area contributed by atoms with Crippen molar-refractivity contribution in [3.8, 4) is 0 Å². The summed E-state index contributed by atoms with van der Waals surface area (Å²) in [5, 5.41) is 2.73. The lowest BCUT2D eigenvalue weighted by Crippen LogP contribution is -2.42. The number of rotatable bonds is 4. The molecule has 0 aromatic heterocycles. The van der Waals surface area contributed by atoms with Gasteiger partial charge in [-0.2, -0.15) is 0 Å². The summed E-state index contributed by atoms with van der Waals surface area (Å²) >= 11 is 0. The third kappa shape index (κ3) is 5.32. The summed E-state index contributed by atoms with van der Waals surface area (Å²) in [7, 11) is -0.515. The lowest BCUT2D eigenvalue weighted by atomic mass is 10.1. The van der Waals surface area contributed by atoms with Gasteiger partial charge < -0.3 is 9.64 Å². The number of ether oxygens (including phenoxy) is 1. The van der Waals surface area contributed by atoms with Crippen molar-refractivity contribution in [3.63, 3.8) is 0 Å². The molecule has 3 rings (SSSR count). The lowest BCUT2D eigenvalue weighted by Gasteiger charge is -2.31. The maximum absolute atomic E-state index is 12.8. The highest BCUT2D eigenvalue weighted by molar-refractivity contribution is 7.73. The number of benzene rings is 2. The van der Waals surface area contributed by atoms with Gasteiger partial charge in [-0.1, -0.05) is 67.6 Å². The Kier molecular flexibility index (Phi) is 6.22. The molecule has 1 saturated heterocycles. The van der Waals surface area contributed by atoms with E-state index in [2.05, 4.69) is 67.6 Å². The Hall–Kier alpha value is -1.86. The van der Waals surface area contributed by atoms with E-state index >= 15 is 0 Å². The standard InChI is InChI=1S/C23H30NO2P/c1-18-15-19(24(16-18)22(25)26-23(2,3)4)17-27(20-11-7-5-8-12-20)21-13-9-6-10-14-21/h5-14,18-19H,15-17H2,1-4H3/t18-,19-/m1/s1. The highest BCUT2D eigenvalue weighted by Crippen LogP contribution is 2.39. The number of nitrogens with zero attached hydrogens (tertiary/aromatic N) is 1. The van der Waals surface area contributed by atoms with Gasteiger partial charge in [0.25, 0.3) is 0 Å². The smallest absolute Gasteiger partial charge is 0.410 e. The first-order valence-corrected chi connectivity index (χ1v) is 11.2. The molecule has 4 heteroatoms. The molecule has 0 aliphatic carbocycles. The van der Waals surface area contributed by atoms with Crippen molar-refractivity contribution in [1.82, 2.24) is 4.90 Å². The van der Waals surface area contributed by atoms with Crippen molar-refractivity contribution in [1.29, 1.82) is 0 Å². The van der Waals surface area contributed by atoms with E-state index in [0.29, 0.717) is 5.92 Å². The molecule has 0 unspecified atom stereocenters. The van der Waals surface area contributed by atoms with Crippen molar-refractivity contribution in [2.75, 3.05) is 12.7 Å². The molecule has 27 heavy (non-hydrogen) atoms. The second-order valence-electron chi connectivity index (χ2n) is 8.41. The number of likely N-dealkylation sites (tertiary alicyclic amines) is 1. The third-order valence-electron chi connectivity index (χ3n) is 4.78. The molecule has 144 valence electrons. The number of hydrogen-bond acceptors (Lipinski definition) is 2. The van der Waals surface area contributed by atoms with Crippen LogP contribution in [0.4, 0.5) is 4.79 Å². The average molecular weight is 383 g/mol. The summed E-state index contributed by atoms with van der Waals surface area (Å²) in [4.78, 5) is 14.8. The van der Waals surface area contributed by atoms with Crippen LogP contribution in [0, 0.1) is 5.92 Å². The Morgan fingerprint density at radius 1 is 1.04 bits per heavy atom. The molecule has 2 aromatic rings. The molecule has 3 nitrogen and oxygen atoms in total. The Labute approximate surface area is 164 Å². The first-order chi connectivity index (χ1) is 12.8. The van der Waals surface area contributed by atoms with E-state index in [9.17, 15) is 4.79 Å². The Bertz CT molecular complexity index is 702. The van der Waals surface area contributed by atoms with Gasteiger partial charge in [-0.15, -0.1) is 0 Å². The summed E-state index contributed by atoms with van der Waals surface area (Å²) < 4.78 is 5.69.